The van der Waals surface area contributed by atoms with E-state index in [2.05, 4.69) is 0 Å². The van der Waals surface area contributed by atoms with Crippen molar-refractivity contribution >= 4 is 5.97 Å². The van der Waals surface area contributed by atoms with Gasteiger partial charge in [-0.1, -0.05) is 60.7 Å². The fraction of sp³-hybridized carbons (Fsp3) is 0.316. The Bertz CT molecular complexity index is 663. The first-order valence-corrected chi connectivity index (χ1v) is 8.19. The molecule has 2 aromatic rings. The van der Waals surface area contributed by atoms with Crippen molar-refractivity contribution in [3.05, 3.63) is 71.8 Å². The van der Waals surface area contributed by atoms with Crippen molar-refractivity contribution in [2.75, 3.05) is 6.54 Å². The number of carbonyl (C=O) groups is 1. The molecule has 2 aromatic carbocycles. The van der Waals surface area contributed by atoms with Gasteiger partial charge in [0.15, 0.2) is 6.10 Å². The summed E-state index contributed by atoms with van der Waals surface area (Å²) in [4.78, 5) is 17.8. The van der Waals surface area contributed by atoms with Crippen molar-refractivity contribution in [3.8, 4) is 0 Å². The molecule has 0 radical (unpaired) electrons. The first-order chi connectivity index (χ1) is 11.7. The van der Waals surface area contributed by atoms with Gasteiger partial charge in [0.25, 0.3) is 0 Å². The number of hydroxylamine groups is 2. The van der Waals surface area contributed by atoms with Gasteiger partial charge >= 0.3 is 5.97 Å². The average molecular weight is 326 g/mol. The van der Waals surface area contributed by atoms with E-state index in [1.54, 1.807) is 29.3 Å². The monoisotopic (exact) mass is 326 g/mol. The first-order valence-electron chi connectivity index (χ1n) is 8.19. The Morgan fingerprint density at radius 3 is 2.42 bits per heavy atom. The summed E-state index contributed by atoms with van der Waals surface area (Å²) in [6.45, 7) is 0.598. The number of rotatable bonds is 4. The normalized spacial score (nSPS) is 22.8. The van der Waals surface area contributed by atoms with Crippen molar-refractivity contribution in [2.24, 2.45) is 5.73 Å². The number of carbonyl (C=O) groups excluding carboxylic acids is 1. The summed E-state index contributed by atoms with van der Waals surface area (Å²) in [5.74, 6) is -0.684. The van der Waals surface area contributed by atoms with E-state index < -0.39 is 12.1 Å². The molecule has 5 heteroatoms. The summed E-state index contributed by atoms with van der Waals surface area (Å²) >= 11 is 0. The van der Waals surface area contributed by atoms with Crippen molar-refractivity contribution < 1.29 is 14.7 Å². The van der Waals surface area contributed by atoms with E-state index in [-0.39, 0.29) is 12.1 Å². The van der Waals surface area contributed by atoms with Crippen LogP contribution in [0.5, 0.6) is 0 Å². The minimum Gasteiger partial charge on any atom is -0.377 e. The van der Waals surface area contributed by atoms with E-state index >= 15 is 0 Å². The van der Waals surface area contributed by atoms with Crippen LogP contribution in [0.25, 0.3) is 0 Å². The predicted molar refractivity (Wildman–Crippen MR) is 90.6 cm³/mol. The van der Waals surface area contributed by atoms with E-state index in [1.807, 2.05) is 36.4 Å². The average Bonchev–Trinajstić information content (AvgIpc) is 2.62. The first kappa shape index (κ1) is 16.6. The third-order valence-electron chi connectivity index (χ3n) is 4.32. The molecule has 5 nitrogen and oxygen atoms in total. The lowest BCUT2D eigenvalue weighted by atomic mass is 9.93. The summed E-state index contributed by atoms with van der Waals surface area (Å²) in [6.07, 6.45) is 0.411. The SMILES string of the molecule is NC1CCCN(OC(=O)[C@H](O)c2ccccc2)C1c1ccccc1. The standard InChI is InChI=1S/C19H22N2O3/c20-16-12-7-13-21(17(16)14-8-3-1-4-9-14)24-19(23)18(22)15-10-5-2-6-11-15/h1-6,8-11,16-18,22H,7,12-13,20H2/t16?,17?,18-/m1/s1. The second-order valence-electron chi connectivity index (χ2n) is 6.03. The van der Waals surface area contributed by atoms with Crippen LogP contribution in [0, 0.1) is 0 Å². The maximum atomic E-state index is 12.3. The number of nitrogens with zero attached hydrogens (tertiary/aromatic N) is 1. The maximum Gasteiger partial charge on any atom is 0.358 e. The van der Waals surface area contributed by atoms with Crippen LogP contribution in [-0.2, 0) is 9.63 Å². The molecule has 0 amide bonds. The van der Waals surface area contributed by atoms with Gasteiger partial charge in [0.05, 0.1) is 6.04 Å². The molecule has 0 aliphatic carbocycles. The topological polar surface area (TPSA) is 75.8 Å². The molecular formula is C19H22N2O3. The van der Waals surface area contributed by atoms with Gasteiger partial charge in [0.2, 0.25) is 0 Å². The highest BCUT2D eigenvalue weighted by molar-refractivity contribution is 5.76. The van der Waals surface area contributed by atoms with Crippen LogP contribution >= 0.6 is 0 Å². The van der Waals surface area contributed by atoms with Crippen molar-refractivity contribution in [1.29, 1.82) is 0 Å². The number of hydrogen-bond acceptors (Lipinski definition) is 5. The molecule has 0 aromatic heterocycles. The molecule has 1 fully saturated rings. The highest BCUT2D eigenvalue weighted by Crippen LogP contribution is 2.31. The molecule has 3 N–H and O–H groups in total. The molecular weight excluding hydrogens is 304 g/mol. The van der Waals surface area contributed by atoms with Gasteiger partial charge in [0.1, 0.15) is 0 Å². The number of nitrogens with two attached hydrogens (primary N) is 1. The van der Waals surface area contributed by atoms with Gasteiger partial charge in [-0.2, -0.15) is 0 Å². The van der Waals surface area contributed by atoms with Crippen molar-refractivity contribution in [1.82, 2.24) is 5.06 Å². The number of aliphatic hydroxyl groups excluding tert-OH is 1. The fourth-order valence-corrected chi connectivity index (χ4v) is 3.10. The zero-order valence-corrected chi connectivity index (χ0v) is 13.4. The van der Waals surface area contributed by atoms with Gasteiger partial charge in [-0.3, -0.25) is 0 Å². The molecule has 2 unspecified atom stereocenters. The van der Waals surface area contributed by atoms with Gasteiger partial charge in [0, 0.05) is 12.6 Å². The second kappa shape index (κ2) is 7.57. The van der Waals surface area contributed by atoms with Crippen LogP contribution in [0.15, 0.2) is 60.7 Å². The van der Waals surface area contributed by atoms with E-state index in [0.717, 1.165) is 18.4 Å². The molecule has 1 heterocycles. The predicted octanol–water partition coefficient (Wildman–Crippen LogP) is 2.34. The van der Waals surface area contributed by atoms with Crippen molar-refractivity contribution in [2.45, 2.75) is 31.0 Å². The lowest BCUT2D eigenvalue weighted by Crippen LogP contribution is -2.47. The van der Waals surface area contributed by atoms with Crippen LogP contribution in [0.3, 0.4) is 0 Å². The minimum absolute atomic E-state index is 0.122. The third-order valence-corrected chi connectivity index (χ3v) is 4.32. The Hall–Kier alpha value is -2.21. The minimum atomic E-state index is -1.30. The zero-order valence-electron chi connectivity index (χ0n) is 13.4. The Morgan fingerprint density at radius 2 is 1.75 bits per heavy atom. The fourth-order valence-electron chi connectivity index (χ4n) is 3.10. The molecule has 0 spiro atoms. The Balaban J connectivity index is 1.75. The van der Waals surface area contributed by atoms with Crippen LogP contribution < -0.4 is 5.73 Å². The highest BCUT2D eigenvalue weighted by atomic mass is 16.7. The molecule has 24 heavy (non-hydrogen) atoms. The lowest BCUT2D eigenvalue weighted by molar-refractivity contribution is -0.220. The summed E-state index contributed by atoms with van der Waals surface area (Å²) in [5.41, 5.74) is 7.79. The molecule has 0 bridgehead atoms. The summed E-state index contributed by atoms with van der Waals surface area (Å²) in [7, 11) is 0. The van der Waals surface area contributed by atoms with Gasteiger partial charge in [-0.25, -0.2) is 4.79 Å². The maximum absolute atomic E-state index is 12.3. The smallest absolute Gasteiger partial charge is 0.358 e. The molecule has 1 aliphatic heterocycles. The zero-order chi connectivity index (χ0) is 16.9. The van der Waals surface area contributed by atoms with Gasteiger partial charge < -0.3 is 15.7 Å². The van der Waals surface area contributed by atoms with Gasteiger partial charge in [-0.15, -0.1) is 5.06 Å². The second-order valence-corrected chi connectivity index (χ2v) is 6.03. The van der Waals surface area contributed by atoms with E-state index in [1.165, 1.54) is 0 Å². The van der Waals surface area contributed by atoms with Crippen LogP contribution in [0.2, 0.25) is 0 Å². The third kappa shape index (κ3) is 3.64. The van der Waals surface area contributed by atoms with Gasteiger partial charge in [-0.05, 0) is 24.0 Å². The number of hydrogen-bond donors (Lipinski definition) is 2. The number of aliphatic hydroxyl groups is 1. The molecule has 1 aliphatic rings. The molecule has 3 atom stereocenters. The number of benzene rings is 2. The molecule has 126 valence electrons. The Kier molecular flexibility index (Phi) is 5.25. The summed E-state index contributed by atoms with van der Waals surface area (Å²) in [5, 5.41) is 11.8. The van der Waals surface area contributed by atoms with Crippen molar-refractivity contribution in [3.63, 3.8) is 0 Å². The van der Waals surface area contributed by atoms with E-state index in [9.17, 15) is 9.90 Å². The Morgan fingerprint density at radius 1 is 1.12 bits per heavy atom. The van der Waals surface area contributed by atoms with E-state index in [4.69, 9.17) is 10.6 Å². The Labute approximate surface area is 141 Å². The molecule has 3 rings (SSSR count). The number of piperidine rings is 1. The van der Waals surface area contributed by atoms with E-state index in [0.29, 0.717) is 12.1 Å². The largest absolute Gasteiger partial charge is 0.377 e. The van der Waals surface area contributed by atoms with Crippen LogP contribution in [0.1, 0.15) is 36.1 Å². The molecule has 0 saturated carbocycles. The highest BCUT2D eigenvalue weighted by Gasteiger charge is 2.34. The summed E-state index contributed by atoms with van der Waals surface area (Å²) in [6, 6.07) is 18.2. The quantitative estimate of drug-likeness (QED) is 0.902. The lowest BCUT2D eigenvalue weighted by Gasteiger charge is -2.38. The molecule has 1 saturated heterocycles. The summed E-state index contributed by atoms with van der Waals surface area (Å²) < 4.78 is 0. The van der Waals surface area contributed by atoms with Crippen LogP contribution in [0.4, 0.5) is 0 Å². The van der Waals surface area contributed by atoms with Crippen LogP contribution in [-0.4, -0.2) is 28.7 Å².